The molecular weight excluding hydrogens is 213 g/mol. The van der Waals surface area contributed by atoms with Crippen LogP contribution in [0, 0.1) is 25.6 Å². The summed E-state index contributed by atoms with van der Waals surface area (Å²) in [5, 5.41) is 3.46. The van der Waals surface area contributed by atoms with Gasteiger partial charge in [0.25, 0.3) is 0 Å². The van der Waals surface area contributed by atoms with Gasteiger partial charge in [-0.2, -0.15) is 0 Å². The molecule has 17 heavy (non-hydrogen) atoms. The Labute approximate surface area is 103 Å². The van der Waals surface area contributed by atoms with E-state index in [1.807, 2.05) is 13.8 Å². The van der Waals surface area contributed by atoms with Gasteiger partial charge in [-0.1, -0.05) is 19.4 Å². The van der Waals surface area contributed by atoms with Gasteiger partial charge in [-0.3, -0.25) is 0 Å². The summed E-state index contributed by atoms with van der Waals surface area (Å²) < 4.78 is 14.1. The lowest BCUT2D eigenvalue weighted by molar-refractivity contribution is 0.293. The van der Waals surface area contributed by atoms with Gasteiger partial charge in [-0.05, 0) is 56.3 Å². The van der Waals surface area contributed by atoms with E-state index in [0.717, 1.165) is 35.6 Å². The molecule has 1 saturated heterocycles. The van der Waals surface area contributed by atoms with E-state index in [-0.39, 0.29) is 11.9 Å². The second-order valence-electron chi connectivity index (χ2n) is 5.28. The Balaban J connectivity index is 2.27. The molecule has 1 aliphatic heterocycles. The van der Waals surface area contributed by atoms with Crippen molar-refractivity contribution in [3.05, 3.63) is 34.6 Å². The highest BCUT2D eigenvalue weighted by Crippen LogP contribution is 2.32. The molecule has 0 aliphatic carbocycles. The predicted molar refractivity (Wildman–Crippen MR) is 69.6 cm³/mol. The third kappa shape index (κ3) is 2.68. The van der Waals surface area contributed by atoms with Gasteiger partial charge in [0.05, 0.1) is 0 Å². The molecule has 0 aromatic heterocycles. The number of piperidine rings is 1. The largest absolute Gasteiger partial charge is 0.310 e. The molecule has 0 bridgehead atoms. The highest BCUT2D eigenvalue weighted by molar-refractivity contribution is 5.34. The number of aryl methyl sites for hydroxylation is 2. The van der Waals surface area contributed by atoms with E-state index in [2.05, 4.69) is 18.3 Å². The van der Waals surface area contributed by atoms with Gasteiger partial charge in [0, 0.05) is 11.6 Å². The minimum atomic E-state index is -0.0447. The maximum absolute atomic E-state index is 14.1. The van der Waals surface area contributed by atoms with Gasteiger partial charge in [0.1, 0.15) is 5.82 Å². The molecule has 1 aromatic rings. The van der Waals surface area contributed by atoms with E-state index in [0.29, 0.717) is 0 Å². The summed E-state index contributed by atoms with van der Waals surface area (Å²) in [6.45, 7) is 7.20. The van der Waals surface area contributed by atoms with Crippen molar-refractivity contribution in [1.82, 2.24) is 5.32 Å². The molecule has 0 radical (unpaired) electrons. The van der Waals surface area contributed by atoms with Gasteiger partial charge < -0.3 is 5.32 Å². The Kier molecular flexibility index (Phi) is 3.82. The van der Waals surface area contributed by atoms with Crippen LogP contribution in [0.4, 0.5) is 4.39 Å². The second-order valence-corrected chi connectivity index (χ2v) is 5.28. The topological polar surface area (TPSA) is 12.0 Å². The van der Waals surface area contributed by atoms with Gasteiger partial charge in [-0.25, -0.2) is 4.39 Å². The molecule has 1 N–H and O–H groups in total. The Morgan fingerprint density at radius 2 is 2.12 bits per heavy atom. The van der Waals surface area contributed by atoms with Crippen molar-refractivity contribution in [3.8, 4) is 0 Å². The maximum Gasteiger partial charge on any atom is 0.128 e. The number of benzene rings is 1. The molecule has 1 aliphatic rings. The predicted octanol–water partition coefficient (Wildman–Crippen LogP) is 3.89. The summed E-state index contributed by atoms with van der Waals surface area (Å²) in [7, 11) is 0. The van der Waals surface area contributed by atoms with Crippen LogP contribution in [0.15, 0.2) is 12.1 Å². The molecule has 0 spiro atoms. The molecule has 1 nitrogen and oxygen atoms in total. The number of hydrogen-bond donors (Lipinski definition) is 1. The molecule has 2 unspecified atom stereocenters. The number of halogens is 1. The van der Waals surface area contributed by atoms with Crippen LogP contribution in [0.3, 0.4) is 0 Å². The van der Waals surface area contributed by atoms with Crippen LogP contribution in [0.5, 0.6) is 0 Å². The van der Waals surface area contributed by atoms with Crippen molar-refractivity contribution in [2.45, 2.75) is 46.1 Å². The summed E-state index contributed by atoms with van der Waals surface area (Å²) in [4.78, 5) is 0. The van der Waals surface area contributed by atoms with Gasteiger partial charge in [0.2, 0.25) is 0 Å². The van der Waals surface area contributed by atoms with Gasteiger partial charge >= 0.3 is 0 Å². The van der Waals surface area contributed by atoms with Crippen LogP contribution in [0.25, 0.3) is 0 Å². The summed E-state index contributed by atoms with van der Waals surface area (Å²) in [6, 6.07) is 3.93. The lowest BCUT2D eigenvalue weighted by atomic mass is 9.85. The molecular formula is C15H22FN. The Bertz CT molecular complexity index is 377. The first-order chi connectivity index (χ1) is 8.11. The standard InChI is InChI=1S/C15H22FN/c1-4-12-5-6-17-14(9-12)15-11(3)7-10(2)8-13(15)16/h7-8,12,14,17H,4-6,9H2,1-3H3. The molecule has 2 rings (SSSR count). The smallest absolute Gasteiger partial charge is 0.128 e. The van der Waals surface area contributed by atoms with Crippen LogP contribution in [-0.2, 0) is 0 Å². The maximum atomic E-state index is 14.1. The van der Waals surface area contributed by atoms with E-state index in [9.17, 15) is 4.39 Å². The van der Waals surface area contributed by atoms with Crippen molar-refractivity contribution < 1.29 is 4.39 Å². The van der Waals surface area contributed by atoms with E-state index in [1.165, 1.54) is 12.8 Å². The Morgan fingerprint density at radius 3 is 2.76 bits per heavy atom. The first kappa shape index (κ1) is 12.6. The first-order valence-corrected chi connectivity index (χ1v) is 6.61. The van der Waals surface area contributed by atoms with Gasteiger partial charge in [0.15, 0.2) is 0 Å². The molecule has 1 aromatic carbocycles. The third-order valence-electron chi connectivity index (χ3n) is 3.92. The van der Waals surface area contributed by atoms with E-state index in [4.69, 9.17) is 0 Å². The Hall–Kier alpha value is -0.890. The molecule has 94 valence electrons. The van der Waals surface area contributed by atoms with Crippen LogP contribution in [0.2, 0.25) is 0 Å². The van der Waals surface area contributed by atoms with Crippen molar-refractivity contribution in [2.24, 2.45) is 5.92 Å². The molecule has 1 heterocycles. The SMILES string of the molecule is CCC1CCNC(c2c(C)cc(C)cc2F)C1. The lowest BCUT2D eigenvalue weighted by Crippen LogP contribution is -2.32. The minimum Gasteiger partial charge on any atom is -0.310 e. The average Bonchev–Trinajstić information content (AvgIpc) is 2.28. The lowest BCUT2D eigenvalue weighted by Gasteiger charge is -2.31. The second kappa shape index (κ2) is 5.18. The minimum absolute atomic E-state index is 0.0447. The third-order valence-corrected chi connectivity index (χ3v) is 3.92. The number of hydrogen-bond acceptors (Lipinski definition) is 1. The van der Waals surface area contributed by atoms with E-state index in [1.54, 1.807) is 6.07 Å². The zero-order chi connectivity index (χ0) is 12.4. The fourth-order valence-corrected chi connectivity index (χ4v) is 2.96. The molecule has 1 fully saturated rings. The average molecular weight is 235 g/mol. The summed E-state index contributed by atoms with van der Waals surface area (Å²) >= 11 is 0. The zero-order valence-corrected chi connectivity index (χ0v) is 11.0. The first-order valence-electron chi connectivity index (χ1n) is 6.61. The normalized spacial score (nSPS) is 24.9. The highest BCUT2D eigenvalue weighted by atomic mass is 19.1. The summed E-state index contributed by atoms with van der Waals surface area (Å²) in [5.74, 6) is 0.693. The van der Waals surface area contributed by atoms with Crippen molar-refractivity contribution in [3.63, 3.8) is 0 Å². The fraction of sp³-hybridized carbons (Fsp3) is 0.600. The molecule has 2 atom stereocenters. The van der Waals surface area contributed by atoms with E-state index < -0.39 is 0 Å². The Morgan fingerprint density at radius 1 is 1.35 bits per heavy atom. The fourth-order valence-electron chi connectivity index (χ4n) is 2.96. The van der Waals surface area contributed by atoms with Crippen molar-refractivity contribution in [1.29, 1.82) is 0 Å². The van der Waals surface area contributed by atoms with E-state index >= 15 is 0 Å². The highest BCUT2D eigenvalue weighted by Gasteiger charge is 2.25. The number of nitrogens with one attached hydrogen (secondary N) is 1. The molecule has 0 saturated carbocycles. The molecule has 2 heteroatoms. The van der Waals surface area contributed by atoms with Crippen molar-refractivity contribution >= 4 is 0 Å². The van der Waals surface area contributed by atoms with Crippen molar-refractivity contribution in [2.75, 3.05) is 6.54 Å². The summed E-state index contributed by atoms with van der Waals surface area (Å²) in [5.41, 5.74) is 2.97. The quantitative estimate of drug-likeness (QED) is 0.820. The van der Waals surface area contributed by atoms with Crippen LogP contribution in [-0.4, -0.2) is 6.54 Å². The zero-order valence-electron chi connectivity index (χ0n) is 11.0. The number of rotatable bonds is 2. The van der Waals surface area contributed by atoms with Gasteiger partial charge in [-0.15, -0.1) is 0 Å². The monoisotopic (exact) mass is 235 g/mol. The van der Waals surface area contributed by atoms with Crippen LogP contribution < -0.4 is 5.32 Å². The molecule has 0 amide bonds. The van der Waals surface area contributed by atoms with Crippen LogP contribution in [0.1, 0.15) is 48.9 Å². The summed E-state index contributed by atoms with van der Waals surface area (Å²) in [6.07, 6.45) is 3.49. The van der Waals surface area contributed by atoms with Crippen LogP contribution >= 0.6 is 0 Å².